The van der Waals surface area contributed by atoms with Crippen LogP contribution in [0.1, 0.15) is 22.3 Å². The van der Waals surface area contributed by atoms with Crippen LogP contribution in [0.3, 0.4) is 0 Å². The van der Waals surface area contributed by atoms with Gasteiger partial charge in [-0.25, -0.2) is 0 Å². The third kappa shape index (κ3) is 5.44. The Morgan fingerprint density at radius 1 is 0.266 bits per heavy atom. The molecule has 64 heavy (non-hydrogen) atoms. The zero-order valence-electron chi connectivity index (χ0n) is 35.1. The fraction of sp³-hybridized carbons (Fsp3) is 0.0159. The first kappa shape index (κ1) is 36.4. The predicted molar refractivity (Wildman–Crippen MR) is 269 cm³/mol. The predicted octanol–water partition coefficient (Wildman–Crippen LogP) is 16.8. The van der Waals surface area contributed by atoms with Gasteiger partial charge in [-0.15, -0.1) is 0 Å². The highest BCUT2D eigenvalue weighted by atomic mass is 15.1. The van der Waals surface area contributed by atoms with Gasteiger partial charge in [-0.2, -0.15) is 0 Å². The van der Waals surface area contributed by atoms with Crippen LogP contribution in [0.5, 0.6) is 0 Å². The third-order valence-electron chi connectivity index (χ3n) is 13.8. The second kappa shape index (κ2) is 14.4. The van der Waals surface area contributed by atoms with Crippen molar-refractivity contribution in [2.45, 2.75) is 5.41 Å². The van der Waals surface area contributed by atoms with Crippen molar-refractivity contribution in [3.63, 3.8) is 0 Å². The summed E-state index contributed by atoms with van der Waals surface area (Å²) in [4.78, 5) is 2.54. The van der Waals surface area contributed by atoms with Crippen molar-refractivity contribution in [2.24, 2.45) is 0 Å². The molecule has 0 N–H and O–H groups in total. The molecule has 0 unspecified atom stereocenters. The van der Waals surface area contributed by atoms with Crippen LogP contribution in [-0.2, 0) is 5.41 Å². The van der Waals surface area contributed by atoms with Gasteiger partial charge in [0.15, 0.2) is 0 Å². The number of hydrogen-bond acceptors (Lipinski definition) is 1. The van der Waals surface area contributed by atoms with E-state index in [1.54, 1.807) is 0 Å². The van der Waals surface area contributed by atoms with Crippen molar-refractivity contribution in [3.05, 3.63) is 271 Å². The molecule has 0 radical (unpaired) electrons. The van der Waals surface area contributed by atoms with E-state index in [-0.39, 0.29) is 0 Å². The van der Waals surface area contributed by atoms with Crippen molar-refractivity contribution >= 4 is 38.6 Å². The average molecular weight is 812 g/mol. The van der Waals surface area contributed by atoms with E-state index in [1.807, 2.05) is 0 Å². The first-order valence-corrected chi connectivity index (χ1v) is 22.2. The Morgan fingerprint density at radius 2 is 0.766 bits per heavy atom. The number of anilines is 3. The summed E-state index contributed by atoms with van der Waals surface area (Å²) in [6.45, 7) is 0. The summed E-state index contributed by atoms with van der Waals surface area (Å²) < 4.78 is 0. The Kier molecular flexibility index (Phi) is 8.20. The Balaban J connectivity index is 1.14. The normalized spacial score (nSPS) is 12.8. The summed E-state index contributed by atoms with van der Waals surface area (Å²) in [7, 11) is 0. The second-order valence-electron chi connectivity index (χ2n) is 17.2. The molecule has 0 aromatic heterocycles. The minimum absolute atomic E-state index is 0.480. The first-order chi connectivity index (χ1) is 31.7. The lowest BCUT2D eigenvalue weighted by atomic mass is 9.70. The first-order valence-electron chi connectivity index (χ1n) is 22.2. The van der Waals surface area contributed by atoms with Crippen LogP contribution in [0.2, 0.25) is 0 Å². The van der Waals surface area contributed by atoms with Crippen molar-refractivity contribution in [2.75, 3.05) is 4.90 Å². The van der Waals surface area contributed by atoms with E-state index in [4.69, 9.17) is 0 Å². The van der Waals surface area contributed by atoms with Crippen LogP contribution < -0.4 is 4.90 Å². The summed E-state index contributed by atoms with van der Waals surface area (Å²) in [6.07, 6.45) is 0. The van der Waals surface area contributed by atoms with E-state index in [2.05, 4.69) is 254 Å². The number of rotatable bonds is 6. The van der Waals surface area contributed by atoms with Crippen LogP contribution in [0.25, 0.3) is 77.2 Å². The molecule has 0 atom stereocenters. The minimum atomic E-state index is -0.480. The lowest BCUT2D eigenvalue weighted by Gasteiger charge is -2.33. The van der Waals surface area contributed by atoms with Crippen molar-refractivity contribution < 1.29 is 0 Å². The van der Waals surface area contributed by atoms with Gasteiger partial charge in [0, 0.05) is 16.9 Å². The molecular formula is C63H41N. The van der Waals surface area contributed by atoms with Gasteiger partial charge in [0.05, 0.1) is 11.1 Å². The fourth-order valence-electron chi connectivity index (χ4n) is 11.1. The van der Waals surface area contributed by atoms with Crippen molar-refractivity contribution in [1.29, 1.82) is 0 Å². The van der Waals surface area contributed by atoms with Gasteiger partial charge < -0.3 is 4.90 Å². The zero-order valence-corrected chi connectivity index (χ0v) is 35.1. The molecule has 0 amide bonds. The molecule has 13 rings (SSSR count). The van der Waals surface area contributed by atoms with Crippen LogP contribution in [-0.4, -0.2) is 0 Å². The standard InChI is InChI=1S/C63H41N/c1-3-17-42(18-4-1)48-38-49(43-19-5-2-6-20-43)40-51(39-48)64(61-36-33-45-22-9-10-24-52(45)62(61)47-32-31-44-21-7-8-23-46(44)37-47)50-34-35-56-55-27-13-16-30-59(55)63(60(56)41-50)57-28-14-11-25-53(57)54-26-12-15-29-58(54)63/h1-41H. The number of fused-ring (bicyclic) bond motifs is 12. The van der Waals surface area contributed by atoms with Gasteiger partial charge in [0.2, 0.25) is 0 Å². The van der Waals surface area contributed by atoms with Crippen LogP contribution >= 0.6 is 0 Å². The third-order valence-corrected chi connectivity index (χ3v) is 13.8. The Morgan fingerprint density at radius 3 is 1.39 bits per heavy atom. The van der Waals surface area contributed by atoms with Gasteiger partial charge in [-0.1, -0.05) is 206 Å². The molecule has 2 aliphatic carbocycles. The summed E-state index contributed by atoms with van der Waals surface area (Å²) in [5, 5.41) is 4.87. The molecule has 1 heteroatoms. The number of benzene rings is 11. The summed E-state index contributed by atoms with van der Waals surface area (Å²) in [5.74, 6) is 0. The maximum atomic E-state index is 2.54. The summed E-state index contributed by atoms with van der Waals surface area (Å²) >= 11 is 0. The molecule has 298 valence electrons. The molecule has 0 fully saturated rings. The molecule has 11 aromatic rings. The minimum Gasteiger partial charge on any atom is -0.310 e. The number of nitrogens with zero attached hydrogens (tertiary/aromatic N) is 1. The maximum absolute atomic E-state index is 2.54. The molecular weight excluding hydrogens is 771 g/mol. The monoisotopic (exact) mass is 811 g/mol. The lowest BCUT2D eigenvalue weighted by molar-refractivity contribution is 0.793. The van der Waals surface area contributed by atoms with E-state index < -0.39 is 5.41 Å². The van der Waals surface area contributed by atoms with Crippen LogP contribution in [0.15, 0.2) is 249 Å². The average Bonchev–Trinajstić information content (AvgIpc) is 3.84. The Labute approximate surface area is 373 Å². The van der Waals surface area contributed by atoms with E-state index in [1.165, 1.54) is 99.4 Å². The second-order valence-corrected chi connectivity index (χ2v) is 17.2. The molecule has 0 saturated heterocycles. The van der Waals surface area contributed by atoms with Gasteiger partial charge >= 0.3 is 0 Å². The number of hydrogen-bond donors (Lipinski definition) is 0. The zero-order chi connectivity index (χ0) is 42.2. The highest BCUT2D eigenvalue weighted by molar-refractivity contribution is 6.07. The highest BCUT2D eigenvalue weighted by Gasteiger charge is 2.51. The quantitative estimate of drug-likeness (QED) is 0.162. The summed E-state index contributed by atoms with van der Waals surface area (Å²) in [6, 6.07) is 92.4. The van der Waals surface area contributed by atoms with Gasteiger partial charge in [0.1, 0.15) is 0 Å². The molecule has 0 saturated carbocycles. The van der Waals surface area contributed by atoms with Crippen molar-refractivity contribution in [1.82, 2.24) is 0 Å². The summed E-state index contributed by atoms with van der Waals surface area (Å²) in [5.41, 5.74) is 20.4. The largest absolute Gasteiger partial charge is 0.310 e. The van der Waals surface area contributed by atoms with Gasteiger partial charge in [-0.3, -0.25) is 0 Å². The van der Waals surface area contributed by atoms with E-state index >= 15 is 0 Å². The smallest absolute Gasteiger partial charge is 0.0726 e. The molecule has 1 spiro atoms. The Bertz CT molecular complexity index is 3500. The van der Waals surface area contributed by atoms with E-state index in [9.17, 15) is 0 Å². The fourth-order valence-corrected chi connectivity index (χ4v) is 11.1. The van der Waals surface area contributed by atoms with Gasteiger partial charge in [0.25, 0.3) is 0 Å². The molecule has 0 bridgehead atoms. The maximum Gasteiger partial charge on any atom is 0.0726 e. The Hall–Kier alpha value is -8.26. The molecule has 0 heterocycles. The highest BCUT2D eigenvalue weighted by Crippen LogP contribution is 2.63. The topological polar surface area (TPSA) is 3.24 Å². The molecule has 1 nitrogen and oxygen atoms in total. The van der Waals surface area contributed by atoms with Crippen LogP contribution in [0, 0.1) is 0 Å². The molecule has 0 aliphatic heterocycles. The van der Waals surface area contributed by atoms with E-state index in [0.717, 1.165) is 17.1 Å². The molecule has 11 aromatic carbocycles. The van der Waals surface area contributed by atoms with E-state index in [0.29, 0.717) is 0 Å². The lowest BCUT2D eigenvalue weighted by Crippen LogP contribution is -2.26. The van der Waals surface area contributed by atoms with Crippen molar-refractivity contribution in [3.8, 4) is 55.6 Å². The van der Waals surface area contributed by atoms with Gasteiger partial charge in [-0.05, 0) is 136 Å². The SMILES string of the molecule is c1ccc(-c2cc(-c3ccccc3)cc(N(c3ccc4c(c3)C3(c5ccccc5-c5ccccc53)c3ccccc3-4)c3ccc4ccccc4c3-c3ccc4ccccc4c3)c2)cc1. The molecule has 2 aliphatic rings. The van der Waals surface area contributed by atoms with Crippen LogP contribution in [0.4, 0.5) is 17.1 Å².